The van der Waals surface area contributed by atoms with Gasteiger partial charge >= 0.3 is 354 Å². The van der Waals surface area contributed by atoms with E-state index in [2.05, 4.69) is 274 Å². The Kier molecular flexibility index (Phi) is 9.44. The molecule has 12 aromatic rings. The molecule has 8 heteroatoms. The molecule has 11 aromatic carbocycles. The average Bonchev–Trinajstić information content (AvgIpc) is 3.82. The van der Waals surface area contributed by atoms with Gasteiger partial charge in [-0.25, -0.2) is 0 Å². The van der Waals surface area contributed by atoms with Crippen LogP contribution in [0.15, 0.2) is 265 Å². The number of benzene rings is 11. The van der Waals surface area contributed by atoms with Crippen LogP contribution in [-0.4, -0.2) is 32.9 Å². The van der Waals surface area contributed by atoms with E-state index in [0.717, 1.165) is 34.1 Å². The van der Waals surface area contributed by atoms with Crippen LogP contribution in [-0.2, 0) is 0 Å². The van der Waals surface area contributed by atoms with E-state index in [4.69, 9.17) is 0 Å². The Balaban J connectivity index is 1.00. The van der Waals surface area contributed by atoms with Crippen LogP contribution in [0.4, 0.5) is 51.2 Å². The second-order valence-corrected chi connectivity index (χ2v) is 22.9. The van der Waals surface area contributed by atoms with E-state index in [1.807, 2.05) is 11.8 Å². The summed E-state index contributed by atoms with van der Waals surface area (Å²) in [4.78, 5) is 10.1. The summed E-state index contributed by atoms with van der Waals surface area (Å²) in [6, 6.07) is 94.9. The van der Waals surface area contributed by atoms with Gasteiger partial charge in [0.2, 0.25) is 0 Å². The average molecular weight is 1020 g/mol. The van der Waals surface area contributed by atoms with Gasteiger partial charge in [-0.3, -0.25) is 0 Å². The Hall–Kier alpha value is -8.38. The molecule has 4 aliphatic heterocycles. The van der Waals surface area contributed by atoms with Gasteiger partial charge < -0.3 is 0 Å². The zero-order valence-corrected chi connectivity index (χ0v) is 42.5. The fraction of sp³-hybridized carbons (Fsp3) is 0. The summed E-state index contributed by atoms with van der Waals surface area (Å²) in [6.07, 6.45) is 0. The van der Waals surface area contributed by atoms with E-state index in [0.29, 0.717) is 0 Å². The van der Waals surface area contributed by atoms with Crippen molar-refractivity contribution in [3.05, 3.63) is 255 Å². The van der Waals surface area contributed by atoms with Crippen LogP contribution in [0, 0.1) is 0 Å². The molecule has 0 spiro atoms. The molecular formula is C66H42B2N4SSe. The van der Waals surface area contributed by atoms with Crippen LogP contribution in [0.2, 0.25) is 0 Å². The van der Waals surface area contributed by atoms with Crippen molar-refractivity contribution in [2.24, 2.45) is 0 Å². The number of hydrogen-bond donors (Lipinski definition) is 0. The third-order valence-electron chi connectivity index (χ3n) is 15.6. The Morgan fingerprint density at radius 3 is 1.64 bits per heavy atom. The van der Waals surface area contributed by atoms with Crippen molar-refractivity contribution in [2.45, 2.75) is 9.79 Å². The number of para-hydroxylation sites is 7. The molecule has 4 aliphatic rings. The standard InChI is InChI=1S/C66H42B2N4SSe/c1-6-22-43(23-7-1)69(44-24-8-2-9-25-44)48-38-60-65-62(39-48)74-61-37-21-18-34-51(61)68(65)53-40-52-56(42-59(53)73-60)72-54-35-19-16-32-49(54)63-57(70(45-26-10-3-11-27-45)46-28-12-4-13-29-46)41-58-64(66(63)72)67(52)50-33-17-20-36-55(50)71(58)47-30-14-5-15-31-47/h1-42H. The van der Waals surface area contributed by atoms with Gasteiger partial charge in [0, 0.05) is 11.4 Å². The molecular weight excluding hydrogens is 981 g/mol. The van der Waals surface area contributed by atoms with Gasteiger partial charge in [-0.1, -0.05) is 54.6 Å². The zero-order chi connectivity index (χ0) is 48.4. The van der Waals surface area contributed by atoms with E-state index in [1.165, 1.54) is 96.0 Å². The fourth-order valence-electron chi connectivity index (χ4n) is 12.7. The molecule has 0 saturated heterocycles. The van der Waals surface area contributed by atoms with Gasteiger partial charge in [-0.2, -0.15) is 0 Å². The second-order valence-electron chi connectivity index (χ2n) is 19.6. The molecule has 0 saturated carbocycles. The van der Waals surface area contributed by atoms with Crippen molar-refractivity contribution in [3.63, 3.8) is 0 Å². The first-order valence-electron chi connectivity index (χ1n) is 25.4. The van der Waals surface area contributed by atoms with Gasteiger partial charge in [-0.05, 0) is 24.3 Å². The van der Waals surface area contributed by atoms with E-state index < -0.39 is 0 Å². The normalized spacial score (nSPS) is 13.2. The van der Waals surface area contributed by atoms with Crippen molar-refractivity contribution in [2.75, 3.05) is 14.7 Å². The molecule has 344 valence electrons. The van der Waals surface area contributed by atoms with E-state index >= 15 is 0 Å². The zero-order valence-electron chi connectivity index (χ0n) is 40.0. The third-order valence-corrected chi connectivity index (χ3v) is 19.1. The molecule has 5 heterocycles. The second kappa shape index (κ2) is 16.6. The first kappa shape index (κ1) is 42.2. The number of nitrogens with zero attached hydrogens (tertiary/aromatic N) is 4. The van der Waals surface area contributed by atoms with Crippen LogP contribution in [0.1, 0.15) is 0 Å². The van der Waals surface area contributed by atoms with Crippen LogP contribution in [0.5, 0.6) is 0 Å². The molecule has 0 N–H and O–H groups in total. The van der Waals surface area contributed by atoms with Crippen LogP contribution < -0.4 is 56.4 Å². The Morgan fingerprint density at radius 2 is 0.946 bits per heavy atom. The molecule has 1 aromatic heterocycles. The predicted octanol–water partition coefficient (Wildman–Crippen LogP) is 11.3. The summed E-state index contributed by atoms with van der Waals surface area (Å²) in [5.41, 5.74) is 22.5. The minimum atomic E-state index is -0.0293. The van der Waals surface area contributed by atoms with Crippen molar-refractivity contribution in [1.29, 1.82) is 0 Å². The number of fused-ring (bicyclic) bond motifs is 12. The summed E-state index contributed by atoms with van der Waals surface area (Å²) < 4.78 is 5.57. The van der Waals surface area contributed by atoms with E-state index in [1.54, 1.807) is 0 Å². The van der Waals surface area contributed by atoms with Crippen LogP contribution >= 0.6 is 11.8 Å². The van der Waals surface area contributed by atoms with Crippen LogP contribution in [0.3, 0.4) is 0 Å². The maximum absolute atomic E-state index is 2.65. The molecule has 4 nitrogen and oxygen atoms in total. The van der Waals surface area contributed by atoms with Crippen molar-refractivity contribution in [1.82, 2.24) is 4.57 Å². The summed E-state index contributed by atoms with van der Waals surface area (Å²) in [7, 11) is 0. The van der Waals surface area contributed by atoms with Crippen molar-refractivity contribution >= 4 is 155 Å². The molecule has 16 rings (SSSR count). The summed E-state index contributed by atoms with van der Waals surface area (Å²) in [5.74, 6) is 0. The van der Waals surface area contributed by atoms with E-state index in [-0.39, 0.29) is 28.4 Å². The monoisotopic (exact) mass is 1020 g/mol. The first-order valence-corrected chi connectivity index (χ1v) is 27.9. The van der Waals surface area contributed by atoms with Crippen LogP contribution in [0.25, 0.3) is 27.5 Å². The van der Waals surface area contributed by atoms with Gasteiger partial charge in [0.15, 0.2) is 0 Å². The third kappa shape index (κ3) is 6.20. The Labute approximate surface area is 441 Å². The van der Waals surface area contributed by atoms with Gasteiger partial charge in [0.05, 0.1) is 0 Å². The van der Waals surface area contributed by atoms with Crippen molar-refractivity contribution < 1.29 is 0 Å². The molecule has 0 atom stereocenters. The Bertz CT molecular complexity index is 4150. The number of rotatable bonds is 7. The Morgan fingerprint density at radius 1 is 0.378 bits per heavy atom. The number of hydrogen-bond acceptors (Lipinski definition) is 4. The SMILES string of the molecule is c1ccc(N(c2ccccc2)c2cc3c4c(c2)[Se]c2ccccc2B4c2cc4c(cc2S3)-n2c3ccccc3c3c(N(c5ccccc5)c5ccccc5)cc5c(c32)B4c2ccccc2N5c2ccccc2)cc1. The molecule has 74 heavy (non-hydrogen) atoms. The first-order chi connectivity index (χ1) is 36.7. The van der Waals surface area contributed by atoms with Gasteiger partial charge in [0.1, 0.15) is 0 Å². The quantitative estimate of drug-likeness (QED) is 0.148. The number of anilines is 9. The summed E-state index contributed by atoms with van der Waals surface area (Å²) in [5, 5.41) is 2.50. The molecule has 0 amide bonds. The summed E-state index contributed by atoms with van der Waals surface area (Å²) in [6.45, 7) is 0.0669. The molecule has 0 radical (unpaired) electrons. The fourth-order valence-corrected chi connectivity index (χ4v) is 16.6. The molecule has 0 aliphatic carbocycles. The maximum atomic E-state index is 2.65. The van der Waals surface area contributed by atoms with Gasteiger partial charge in [0.25, 0.3) is 0 Å². The topological polar surface area (TPSA) is 14.7 Å². The molecule has 0 unspecified atom stereocenters. The number of aromatic nitrogens is 1. The molecule has 0 bridgehead atoms. The predicted molar refractivity (Wildman–Crippen MR) is 316 cm³/mol. The summed E-state index contributed by atoms with van der Waals surface area (Å²) >= 11 is 2.08. The van der Waals surface area contributed by atoms with E-state index in [9.17, 15) is 0 Å². The van der Waals surface area contributed by atoms with Crippen molar-refractivity contribution in [3.8, 4) is 5.69 Å². The minimum absolute atomic E-state index is 0.0293. The van der Waals surface area contributed by atoms with Gasteiger partial charge in [-0.15, -0.1) is 0 Å². The molecule has 0 fully saturated rings.